The average molecular weight is 279 g/mol. The van der Waals surface area contributed by atoms with E-state index >= 15 is 0 Å². The quantitative estimate of drug-likeness (QED) is 0.707. The van der Waals surface area contributed by atoms with Gasteiger partial charge in [-0.15, -0.1) is 0 Å². The van der Waals surface area contributed by atoms with E-state index in [1.807, 2.05) is 12.1 Å². The van der Waals surface area contributed by atoms with Gasteiger partial charge in [0.25, 0.3) is 5.91 Å². The third kappa shape index (κ3) is 6.57. The number of methoxy groups -OCH3 is 1. The van der Waals surface area contributed by atoms with E-state index in [0.29, 0.717) is 31.2 Å². The van der Waals surface area contributed by atoms with Gasteiger partial charge in [-0.25, -0.2) is 0 Å². The summed E-state index contributed by atoms with van der Waals surface area (Å²) in [5.74, 6) is 1.38. The normalized spacial score (nSPS) is 10.6. The van der Waals surface area contributed by atoms with Crippen LogP contribution in [0.1, 0.15) is 37.0 Å². The van der Waals surface area contributed by atoms with Crippen molar-refractivity contribution < 1.29 is 14.3 Å². The number of amides is 1. The van der Waals surface area contributed by atoms with Crippen LogP contribution in [0.3, 0.4) is 0 Å². The van der Waals surface area contributed by atoms with E-state index in [1.165, 1.54) is 0 Å². The highest BCUT2D eigenvalue weighted by atomic mass is 16.5. The average Bonchev–Trinajstić information content (AvgIpc) is 2.44. The molecule has 0 aromatic heterocycles. The van der Waals surface area contributed by atoms with Gasteiger partial charge < -0.3 is 14.8 Å². The van der Waals surface area contributed by atoms with Gasteiger partial charge in [0.2, 0.25) is 0 Å². The van der Waals surface area contributed by atoms with Gasteiger partial charge in [-0.1, -0.05) is 13.8 Å². The molecule has 1 N–H and O–H groups in total. The number of benzene rings is 1. The second-order valence-electron chi connectivity index (χ2n) is 5.16. The van der Waals surface area contributed by atoms with Crippen LogP contribution in [0.25, 0.3) is 0 Å². The van der Waals surface area contributed by atoms with Gasteiger partial charge in [-0.3, -0.25) is 4.79 Å². The van der Waals surface area contributed by atoms with Crippen molar-refractivity contribution in [2.24, 2.45) is 5.92 Å². The molecule has 0 heterocycles. The van der Waals surface area contributed by atoms with Crippen LogP contribution < -0.4 is 10.1 Å². The van der Waals surface area contributed by atoms with Crippen LogP contribution in [-0.2, 0) is 4.74 Å². The van der Waals surface area contributed by atoms with Gasteiger partial charge in [-0.2, -0.15) is 0 Å². The maximum atomic E-state index is 11.8. The van der Waals surface area contributed by atoms with Crippen molar-refractivity contribution in [3.8, 4) is 5.75 Å². The minimum atomic E-state index is -0.0603. The van der Waals surface area contributed by atoms with Crippen LogP contribution in [0.4, 0.5) is 0 Å². The SMILES string of the molecule is COCCCNC(=O)c1ccc(OCCC(C)C)cc1. The fraction of sp³-hybridized carbons (Fsp3) is 0.562. The van der Waals surface area contributed by atoms with E-state index < -0.39 is 0 Å². The molecule has 0 saturated carbocycles. The second kappa shape index (κ2) is 9.37. The molecule has 0 saturated heterocycles. The summed E-state index contributed by atoms with van der Waals surface area (Å²) in [5, 5.41) is 2.85. The Labute approximate surface area is 121 Å². The lowest BCUT2D eigenvalue weighted by Crippen LogP contribution is -2.25. The first kappa shape index (κ1) is 16.5. The van der Waals surface area contributed by atoms with E-state index in [4.69, 9.17) is 9.47 Å². The summed E-state index contributed by atoms with van der Waals surface area (Å²) in [6.45, 7) is 6.32. The Kier molecular flexibility index (Phi) is 7.73. The van der Waals surface area contributed by atoms with E-state index in [9.17, 15) is 4.79 Å². The molecule has 0 aliphatic heterocycles. The summed E-state index contributed by atoms with van der Waals surface area (Å²) in [5.41, 5.74) is 0.652. The Bertz CT molecular complexity index is 387. The van der Waals surface area contributed by atoms with Crippen LogP contribution in [0.5, 0.6) is 5.75 Å². The van der Waals surface area contributed by atoms with Crippen LogP contribution >= 0.6 is 0 Å². The minimum Gasteiger partial charge on any atom is -0.494 e. The topological polar surface area (TPSA) is 47.6 Å². The Balaban J connectivity index is 2.35. The summed E-state index contributed by atoms with van der Waals surface area (Å²) < 4.78 is 10.5. The van der Waals surface area contributed by atoms with Gasteiger partial charge in [0.1, 0.15) is 5.75 Å². The minimum absolute atomic E-state index is 0.0603. The maximum Gasteiger partial charge on any atom is 0.251 e. The van der Waals surface area contributed by atoms with Crippen molar-refractivity contribution >= 4 is 5.91 Å². The van der Waals surface area contributed by atoms with Gasteiger partial charge in [0.05, 0.1) is 6.61 Å². The van der Waals surface area contributed by atoms with E-state index in [0.717, 1.165) is 18.6 Å². The number of rotatable bonds is 9. The fourth-order valence-corrected chi connectivity index (χ4v) is 1.64. The maximum absolute atomic E-state index is 11.8. The van der Waals surface area contributed by atoms with Gasteiger partial charge in [-0.05, 0) is 43.0 Å². The standard InChI is InChI=1S/C16H25NO3/c1-13(2)9-12-20-15-7-5-14(6-8-15)16(18)17-10-4-11-19-3/h5-8,13H,4,9-12H2,1-3H3,(H,17,18). The molecule has 0 aliphatic rings. The molecule has 0 aliphatic carbocycles. The first-order chi connectivity index (χ1) is 9.63. The van der Waals surface area contributed by atoms with Crippen LogP contribution in [-0.4, -0.2) is 32.8 Å². The lowest BCUT2D eigenvalue weighted by Gasteiger charge is -2.09. The highest BCUT2D eigenvalue weighted by Crippen LogP contribution is 2.13. The number of ether oxygens (including phenoxy) is 2. The zero-order valence-electron chi connectivity index (χ0n) is 12.6. The van der Waals surface area contributed by atoms with Crippen molar-refractivity contribution in [1.29, 1.82) is 0 Å². The van der Waals surface area contributed by atoms with E-state index in [2.05, 4.69) is 19.2 Å². The molecule has 4 nitrogen and oxygen atoms in total. The van der Waals surface area contributed by atoms with Crippen LogP contribution in [0.2, 0.25) is 0 Å². The number of hydrogen-bond acceptors (Lipinski definition) is 3. The molecule has 1 rings (SSSR count). The van der Waals surface area contributed by atoms with Gasteiger partial charge >= 0.3 is 0 Å². The first-order valence-electron chi connectivity index (χ1n) is 7.13. The molecule has 112 valence electrons. The molecule has 0 bridgehead atoms. The molecule has 0 fully saturated rings. The van der Waals surface area contributed by atoms with E-state index in [-0.39, 0.29) is 5.91 Å². The lowest BCUT2D eigenvalue weighted by atomic mass is 10.1. The summed E-state index contributed by atoms with van der Waals surface area (Å²) in [4.78, 5) is 11.8. The summed E-state index contributed by atoms with van der Waals surface area (Å²) in [7, 11) is 1.65. The molecule has 4 heteroatoms. The summed E-state index contributed by atoms with van der Waals surface area (Å²) >= 11 is 0. The molecule has 0 atom stereocenters. The highest BCUT2D eigenvalue weighted by Gasteiger charge is 2.05. The second-order valence-corrected chi connectivity index (χ2v) is 5.16. The highest BCUT2D eigenvalue weighted by molar-refractivity contribution is 5.94. The Morgan fingerprint density at radius 2 is 1.90 bits per heavy atom. The third-order valence-electron chi connectivity index (χ3n) is 2.89. The van der Waals surface area contributed by atoms with E-state index in [1.54, 1.807) is 19.2 Å². The number of hydrogen-bond donors (Lipinski definition) is 1. The summed E-state index contributed by atoms with van der Waals surface area (Å²) in [6.07, 6.45) is 1.85. The fourth-order valence-electron chi connectivity index (χ4n) is 1.64. The Morgan fingerprint density at radius 1 is 1.20 bits per heavy atom. The van der Waals surface area contributed by atoms with Crippen molar-refractivity contribution in [3.63, 3.8) is 0 Å². The predicted molar refractivity (Wildman–Crippen MR) is 80.2 cm³/mol. The molecule has 0 spiro atoms. The molecular weight excluding hydrogens is 254 g/mol. The number of nitrogens with one attached hydrogen (secondary N) is 1. The predicted octanol–water partition coefficient (Wildman–Crippen LogP) is 2.88. The molecule has 0 unspecified atom stereocenters. The number of carbonyl (C=O) groups is 1. The smallest absolute Gasteiger partial charge is 0.251 e. The molecule has 1 aromatic rings. The van der Waals surface area contributed by atoms with Gasteiger partial charge in [0.15, 0.2) is 0 Å². The molecular formula is C16H25NO3. The molecule has 1 amide bonds. The monoisotopic (exact) mass is 279 g/mol. The van der Waals surface area contributed by atoms with Crippen LogP contribution in [0.15, 0.2) is 24.3 Å². The summed E-state index contributed by atoms with van der Waals surface area (Å²) in [6, 6.07) is 7.25. The Morgan fingerprint density at radius 3 is 2.50 bits per heavy atom. The van der Waals surface area contributed by atoms with Crippen molar-refractivity contribution in [2.75, 3.05) is 26.9 Å². The third-order valence-corrected chi connectivity index (χ3v) is 2.89. The lowest BCUT2D eigenvalue weighted by molar-refractivity contribution is 0.0948. The largest absolute Gasteiger partial charge is 0.494 e. The van der Waals surface area contributed by atoms with Gasteiger partial charge in [0, 0.05) is 25.8 Å². The Hall–Kier alpha value is -1.55. The van der Waals surface area contributed by atoms with Crippen molar-refractivity contribution in [1.82, 2.24) is 5.32 Å². The van der Waals surface area contributed by atoms with Crippen molar-refractivity contribution in [3.05, 3.63) is 29.8 Å². The molecule has 0 radical (unpaired) electrons. The molecule has 1 aromatic carbocycles. The first-order valence-corrected chi connectivity index (χ1v) is 7.13. The zero-order chi connectivity index (χ0) is 14.8. The zero-order valence-corrected chi connectivity index (χ0v) is 12.6. The number of carbonyl (C=O) groups excluding carboxylic acids is 1. The molecule has 20 heavy (non-hydrogen) atoms. The van der Waals surface area contributed by atoms with Crippen LogP contribution in [0, 0.1) is 5.92 Å². The van der Waals surface area contributed by atoms with Crippen molar-refractivity contribution in [2.45, 2.75) is 26.7 Å².